The van der Waals surface area contributed by atoms with E-state index in [4.69, 9.17) is 9.40 Å². The fourth-order valence-electron chi connectivity index (χ4n) is 2.95. The summed E-state index contributed by atoms with van der Waals surface area (Å²) in [6, 6.07) is 20.0. The Bertz CT molecular complexity index is 1180. The SMILES string of the molecule is c1ccc2nc(-c3ncnc4oc5ccccc5c34)ccc2c1. The molecule has 0 aliphatic heterocycles. The lowest BCUT2D eigenvalue weighted by Crippen LogP contribution is -1.90. The second-order valence-corrected chi connectivity index (χ2v) is 5.39. The average molecular weight is 297 g/mol. The van der Waals surface area contributed by atoms with Crippen molar-refractivity contribution in [2.75, 3.05) is 0 Å². The van der Waals surface area contributed by atoms with E-state index >= 15 is 0 Å². The Hall–Kier alpha value is -3.27. The zero-order valence-corrected chi connectivity index (χ0v) is 12.1. The molecule has 0 amide bonds. The Labute approximate surface area is 131 Å². The molecule has 5 aromatic rings. The van der Waals surface area contributed by atoms with Gasteiger partial charge in [-0.05, 0) is 18.2 Å². The molecule has 0 saturated heterocycles. The number of benzene rings is 2. The predicted molar refractivity (Wildman–Crippen MR) is 90.0 cm³/mol. The van der Waals surface area contributed by atoms with Crippen LogP contribution in [0, 0.1) is 0 Å². The molecule has 0 radical (unpaired) electrons. The van der Waals surface area contributed by atoms with Gasteiger partial charge in [0.25, 0.3) is 0 Å². The number of nitrogens with zero attached hydrogens (tertiary/aromatic N) is 3. The molecule has 0 aliphatic carbocycles. The van der Waals surface area contributed by atoms with Gasteiger partial charge in [0.1, 0.15) is 17.6 Å². The van der Waals surface area contributed by atoms with Crippen LogP contribution in [-0.2, 0) is 0 Å². The van der Waals surface area contributed by atoms with Crippen LogP contribution in [0.3, 0.4) is 0 Å². The van der Waals surface area contributed by atoms with Crippen LogP contribution in [0.4, 0.5) is 0 Å². The van der Waals surface area contributed by atoms with E-state index in [1.807, 2.05) is 48.5 Å². The molecule has 23 heavy (non-hydrogen) atoms. The lowest BCUT2D eigenvalue weighted by molar-refractivity contribution is 0.653. The van der Waals surface area contributed by atoms with Crippen molar-refractivity contribution in [1.82, 2.24) is 15.0 Å². The lowest BCUT2D eigenvalue weighted by Gasteiger charge is -2.03. The fraction of sp³-hybridized carbons (Fsp3) is 0. The molecular weight excluding hydrogens is 286 g/mol. The third-order valence-electron chi connectivity index (χ3n) is 4.02. The van der Waals surface area contributed by atoms with Crippen molar-refractivity contribution in [2.24, 2.45) is 0 Å². The second-order valence-electron chi connectivity index (χ2n) is 5.39. The fourth-order valence-corrected chi connectivity index (χ4v) is 2.95. The highest BCUT2D eigenvalue weighted by Crippen LogP contribution is 2.33. The molecule has 0 saturated carbocycles. The van der Waals surface area contributed by atoms with Crippen LogP contribution in [-0.4, -0.2) is 15.0 Å². The molecule has 5 rings (SSSR count). The molecule has 4 heteroatoms. The van der Waals surface area contributed by atoms with E-state index < -0.39 is 0 Å². The van der Waals surface area contributed by atoms with Gasteiger partial charge < -0.3 is 4.42 Å². The molecule has 108 valence electrons. The molecule has 2 aromatic carbocycles. The monoisotopic (exact) mass is 297 g/mol. The summed E-state index contributed by atoms with van der Waals surface area (Å²) in [7, 11) is 0. The maximum absolute atomic E-state index is 5.82. The van der Waals surface area contributed by atoms with E-state index in [-0.39, 0.29) is 0 Å². The Morgan fingerprint density at radius 3 is 2.65 bits per heavy atom. The topological polar surface area (TPSA) is 51.8 Å². The maximum Gasteiger partial charge on any atom is 0.231 e. The highest BCUT2D eigenvalue weighted by atomic mass is 16.3. The van der Waals surface area contributed by atoms with Gasteiger partial charge in [0.2, 0.25) is 5.71 Å². The van der Waals surface area contributed by atoms with Crippen LogP contribution in [0.15, 0.2) is 71.4 Å². The summed E-state index contributed by atoms with van der Waals surface area (Å²) in [5.74, 6) is 0. The summed E-state index contributed by atoms with van der Waals surface area (Å²) in [4.78, 5) is 13.5. The number of para-hydroxylation sites is 2. The van der Waals surface area contributed by atoms with Gasteiger partial charge in [0.05, 0.1) is 16.6 Å². The van der Waals surface area contributed by atoms with Crippen LogP contribution in [0.5, 0.6) is 0 Å². The maximum atomic E-state index is 5.82. The van der Waals surface area contributed by atoms with Gasteiger partial charge in [0, 0.05) is 10.8 Å². The van der Waals surface area contributed by atoms with E-state index in [9.17, 15) is 0 Å². The first-order valence-corrected chi connectivity index (χ1v) is 7.38. The van der Waals surface area contributed by atoms with Crippen molar-refractivity contribution in [1.29, 1.82) is 0 Å². The van der Waals surface area contributed by atoms with Crippen LogP contribution in [0.2, 0.25) is 0 Å². The highest BCUT2D eigenvalue weighted by Gasteiger charge is 2.15. The first-order chi connectivity index (χ1) is 11.4. The summed E-state index contributed by atoms with van der Waals surface area (Å²) < 4.78 is 5.82. The molecule has 0 bridgehead atoms. The number of rotatable bonds is 1. The zero-order valence-electron chi connectivity index (χ0n) is 12.1. The molecule has 0 atom stereocenters. The van der Waals surface area contributed by atoms with E-state index in [1.54, 1.807) is 0 Å². The van der Waals surface area contributed by atoms with Crippen molar-refractivity contribution >= 4 is 33.0 Å². The quantitative estimate of drug-likeness (QED) is 0.454. The summed E-state index contributed by atoms with van der Waals surface area (Å²) in [5.41, 5.74) is 3.97. The van der Waals surface area contributed by atoms with Crippen LogP contribution < -0.4 is 0 Å². The normalized spacial score (nSPS) is 11.5. The highest BCUT2D eigenvalue weighted by molar-refractivity contribution is 6.09. The van der Waals surface area contributed by atoms with Gasteiger partial charge in [-0.15, -0.1) is 0 Å². The Kier molecular flexibility index (Phi) is 2.46. The molecule has 0 fully saturated rings. The molecule has 0 unspecified atom stereocenters. The zero-order chi connectivity index (χ0) is 15.2. The smallest absolute Gasteiger partial charge is 0.231 e. The second kappa shape index (κ2) is 4.61. The molecule has 4 nitrogen and oxygen atoms in total. The Morgan fingerprint density at radius 1 is 0.783 bits per heavy atom. The third kappa shape index (κ3) is 1.82. The molecule has 0 aliphatic rings. The van der Waals surface area contributed by atoms with Gasteiger partial charge in [-0.25, -0.2) is 15.0 Å². The third-order valence-corrected chi connectivity index (χ3v) is 4.02. The van der Waals surface area contributed by atoms with Gasteiger partial charge in [-0.1, -0.05) is 42.5 Å². The number of hydrogen-bond donors (Lipinski definition) is 0. The minimum absolute atomic E-state index is 0.589. The van der Waals surface area contributed by atoms with E-state index in [0.717, 1.165) is 38.6 Å². The lowest BCUT2D eigenvalue weighted by atomic mass is 10.1. The average Bonchev–Trinajstić information content (AvgIpc) is 3.00. The van der Waals surface area contributed by atoms with Gasteiger partial charge in [-0.3, -0.25) is 0 Å². The Balaban J connectivity index is 1.87. The molecule has 3 heterocycles. The van der Waals surface area contributed by atoms with Gasteiger partial charge >= 0.3 is 0 Å². The standard InChI is InChI=1S/C19H11N3O/c1-3-7-14-12(5-1)9-10-15(22-14)18-17-13-6-2-4-8-16(13)23-19(17)21-11-20-18/h1-11H. The van der Waals surface area contributed by atoms with Crippen molar-refractivity contribution < 1.29 is 4.42 Å². The van der Waals surface area contributed by atoms with Crippen LogP contribution in [0.1, 0.15) is 0 Å². The number of furan rings is 1. The first kappa shape index (κ1) is 12.3. The van der Waals surface area contributed by atoms with Crippen molar-refractivity contribution in [3.05, 3.63) is 67.0 Å². The van der Waals surface area contributed by atoms with Crippen LogP contribution in [0.25, 0.3) is 44.4 Å². The number of pyridine rings is 1. The summed E-state index contributed by atoms with van der Waals surface area (Å²) in [6.07, 6.45) is 1.52. The number of hydrogen-bond acceptors (Lipinski definition) is 4. The van der Waals surface area contributed by atoms with Crippen LogP contribution >= 0.6 is 0 Å². The minimum Gasteiger partial charge on any atom is -0.438 e. The molecule has 3 aromatic heterocycles. The summed E-state index contributed by atoms with van der Waals surface area (Å²) in [5, 5.41) is 3.03. The first-order valence-electron chi connectivity index (χ1n) is 7.38. The Morgan fingerprint density at radius 2 is 1.65 bits per heavy atom. The largest absolute Gasteiger partial charge is 0.438 e. The number of aromatic nitrogens is 3. The van der Waals surface area contributed by atoms with E-state index in [0.29, 0.717) is 5.71 Å². The van der Waals surface area contributed by atoms with Crippen molar-refractivity contribution in [2.45, 2.75) is 0 Å². The van der Waals surface area contributed by atoms with E-state index in [2.05, 4.69) is 22.1 Å². The van der Waals surface area contributed by atoms with Gasteiger partial charge in [0.15, 0.2) is 0 Å². The van der Waals surface area contributed by atoms with Crippen molar-refractivity contribution in [3.63, 3.8) is 0 Å². The van der Waals surface area contributed by atoms with Crippen molar-refractivity contribution in [3.8, 4) is 11.4 Å². The molecular formula is C19H11N3O. The van der Waals surface area contributed by atoms with E-state index in [1.165, 1.54) is 6.33 Å². The number of fused-ring (bicyclic) bond motifs is 4. The summed E-state index contributed by atoms with van der Waals surface area (Å²) >= 11 is 0. The molecule has 0 spiro atoms. The predicted octanol–water partition coefficient (Wildman–Crippen LogP) is 4.59. The molecule has 0 N–H and O–H groups in total. The summed E-state index contributed by atoms with van der Waals surface area (Å²) in [6.45, 7) is 0. The minimum atomic E-state index is 0.589. The van der Waals surface area contributed by atoms with Gasteiger partial charge in [-0.2, -0.15) is 0 Å².